The van der Waals surface area contributed by atoms with Crippen LogP contribution in [0.5, 0.6) is 0 Å². The molecule has 1 fully saturated rings. The van der Waals surface area contributed by atoms with Gasteiger partial charge in [0.25, 0.3) is 5.91 Å². The van der Waals surface area contributed by atoms with E-state index in [1.165, 1.54) is 17.0 Å². The summed E-state index contributed by atoms with van der Waals surface area (Å²) >= 11 is 0. The average molecular weight is 523 g/mol. The highest BCUT2D eigenvalue weighted by Gasteiger charge is 2.35. The summed E-state index contributed by atoms with van der Waals surface area (Å²) in [6.07, 6.45) is -4.72. The number of hydrogen-bond acceptors (Lipinski definition) is 6. The van der Waals surface area contributed by atoms with Gasteiger partial charge in [0.2, 0.25) is 0 Å². The highest BCUT2D eigenvalue weighted by Crippen LogP contribution is 2.39. The molecule has 8 nitrogen and oxygen atoms in total. The number of nitrogens with one attached hydrogen (secondary N) is 1. The van der Waals surface area contributed by atoms with Crippen LogP contribution in [0.25, 0.3) is 22.2 Å². The molecule has 0 radical (unpaired) electrons. The lowest BCUT2D eigenvalue weighted by molar-refractivity contribution is -0.136. The van der Waals surface area contributed by atoms with Gasteiger partial charge in [-0.1, -0.05) is 0 Å². The molecular weight excluding hydrogens is 498 g/mol. The zero-order valence-electron chi connectivity index (χ0n) is 20.4. The number of carbonyl (C=O) groups excluding carboxylic acids is 2. The number of alkyl carbamates (subject to hydrolysis) is 1. The second-order valence-electron chi connectivity index (χ2n) is 9.46. The Morgan fingerprint density at radius 1 is 1.11 bits per heavy atom. The van der Waals surface area contributed by atoms with Crippen molar-refractivity contribution in [1.29, 1.82) is 0 Å². The number of aromatic nitrogens is 1. The Bertz CT molecular complexity index is 1320. The van der Waals surface area contributed by atoms with Crippen molar-refractivity contribution in [3.05, 3.63) is 53.2 Å². The molecule has 2 aromatic heterocycles. The van der Waals surface area contributed by atoms with Gasteiger partial charge in [-0.2, -0.15) is 13.2 Å². The molecule has 1 aromatic carbocycles. The molecule has 1 saturated heterocycles. The maximum atomic E-state index is 14.5. The van der Waals surface area contributed by atoms with Crippen molar-refractivity contribution in [2.24, 2.45) is 0 Å². The third-order valence-corrected chi connectivity index (χ3v) is 5.46. The number of fused-ring (bicyclic) bond motifs is 1. The molecule has 0 atom stereocenters. The van der Waals surface area contributed by atoms with E-state index in [4.69, 9.17) is 13.9 Å². The van der Waals surface area contributed by atoms with E-state index in [0.717, 1.165) is 18.3 Å². The summed E-state index contributed by atoms with van der Waals surface area (Å²) in [7, 11) is 0. The monoisotopic (exact) mass is 523 g/mol. The molecule has 1 aliphatic heterocycles. The van der Waals surface area contributed by atoms with E-state index >= 15 is 0 Å². The predicted molar refractivity (Wildman–Crippen MR) is 124 cm³/mol. The molecule has 0 saturated carbocycles. The second-order valence-corrected chi connectivity index (χ2v) is 9.46. The Morgan fingerprint density at radius 2 is 1.81 bits per heavy atom. The summed E-state index contributed by atoms with van der Waals surface area (Å²) in [5.74, 6) is -1.41. The molecule has 0 spiro atoms. The van der Waals surface area contributed by atoms with Crippen molar-refractivity contribution in [2.45, 2.75) is 39.1 Å². The molecule has 12 heteroatoms. The molecular formula is C25H25F4N3O5. The van der Waals surface area contributed by atoms with Crippen LogP contribution in [-0.2, 0) is 22.2 Å². The summed E-state index contributed by atoms with van der Waals surface area (Å²) in [6.45, 7) is 5.98. The van der Waals surface area contributed by atoms with Crippen molar-refractivity contribution in [3.63, 3.8) is 0 Å². The van der Waals surface area contributed by atoms with Crippen molar-refractivity contribution in [1.82, 2.24) is 15.2 Å². The van der Waals surface area contributed by atoms with E-state index in [2.05, 4.69) is 10.3 Å². The summed E-state index contributed by atoms with van der Waals surface area (Å²) < 4.78 is 72.0. The number of pyridine rings is 1. The van der Waals surface area contributed by atoms with Crippen molar-refractivity contribution < 1.29 is 41.0 Å². The summed E-state index contributed by atoms with van der Waals surface area (Å²) in [5.41, 5.74) is -2.54. The van der Waals surface area contributed by atoms with Gasteiger partial charge in [0, 0.05) is 24.0 Å². The number of amides is 2. The van der Waals surface area contributed by atoms with Gasteiger partial charge >= 0.3 is 12.3 Å². The van der Waals surface area contributed by atoms with Crippen LogP contribution in [0.2, 0.25) is 0 Å². The van der Waals surface area contributed by atoms with Crippen molar-refractivity contribution in [2.75, 3.05) is 26.3 Å². The van der Waals surface area contributed by atoms with E-state index in [9.17, 15) is 27.2 Å². The van der Waals surface area contributed by atoms with Gasteiger partial charge in [-0.15, -0.1) is 0 Å². The smallest absolute Gasteiger partial charge is 0.420 e. The highest BCUT2D eigenvalue weighted by atomic mass is 19.4. The Morgan fingerprint density at radius 3 is 2.46 bits per heavy atom. The van der Waals surface area contributed by atoms with E-state index in [-0.39, 0.29) is 47.6 Å². The SMILES string of the molecule is CC(C)(C)OC(=O)NCc1cc2cc(-c3cc(C(=O)N4CCOCC4)c(F)cn3)cc(C(F)(F)F)c2o1. The molecule has 37 heavy (non-hydrogen) atoms. The minimum Gasteiger partial charge on any atom is -0.459 e. The Balaban J connectivity index is 1.68. The summed E-state index contributed by atoms with van der Waals surface area (Å²) in [6, 6.07) is 4.72. The van der Waals surface area contributed by atoms with Crippen LogP contribution in [0.15, 0.2) is 34.9 Å². The van der Waals surface area contributed by atoms with Crippen LogP contribution in [0.1, 0.15) is 42.5 Å². The van der Waals surface area contributed by atoms with Gasteiger partial charge in [-0.05, 0) is 45.0 Å². The van der Waals surface area contributed by atoms with Crippen LogP contribution in [0.4, 0.5) is 22.4 Å². The van der Waals surface area contributed by atoms with Gasteiger partial charge in [-0.25, -0.2) is 9.18 Å². The number of furan rings is 1. The fourth-order valence-electron chi connectivity index (χ4n) is 3.82. The molecule has 0 aliphatic carbocycles. The number of carbonyl (C=O) groups is 2. The zero-order chi connectivity index (χ0) is 27.0. The lowest BCUT2D eigenvalue weighted by atomic mass is 10.0. The zero-order valence-corrected chi connectivity index (χ0v) is 20.4. The lowest BCUT2D eigenvalue weighted by Crippen LogP contribution is -2.41. The van der Waals surface area contributed by atoms with Gasteiger partial charge in [0.05, 0.1) is 42.8 Å². The number of hydrogen-bond donors (Lipinski definition) is 1. The standard InChI is InChI=1S/C25H25F4N3O5/c1-24(2,3)37-23(34)31-12-16-9-15-8-14(10-18(21(15)36-16)25(27,28)29)20-11-17(19(26)13-30-20)22(33)32-4-6-35-7-5-32/h8-11,13H,4-7,12H2,1-3H3,(H,31,34). The molecule has 3 heterocycles. The minimum absolute atomic E-state index is 0.0139. The number of morpholine rings is 1. The third-order valence-electron chi connectivity index (χ3n) is 5.46. The van der Waals surface area contributed by atoms with Crippen LogP contribution >= 0.6 is 0 Å². The first kappa shape index (κ1) is 26.4. The molecule has 198 valence electrons. The summed E-state index contributed by atoms with van der Waals surface area (Å²) in [5, 5.41) is 2.53. The first-order valence-electron chi connectivity index (χ1n) is 11.5. The second kappa shape index (κ2) is 10.0. The number of nitrogens with zero attached hydrogens (tertiary/aromatic N) is 2. The molecule has 1 aliphatic rings. The van der Waals surface area contributed by atoms with Crippen LogP contribution in [0.3, 0.4) is 0 Å². The van der Waals surface area contributed by atoms with Crippen LogP contribution < -0.4 is 5.32 Å². The third kappa shape index (κ3) is 6.19. The maximum Gasteiger partial charge on any atom is 0.420 e. The van der Waals surface area contributed by atoms with Crippen LogP contribution in [0, 0.1) is 5.82 Å². The fourth-order valence-corrected chi connectivity index (χ4v) is 3.82. The quantitative estimate of drug-likeness (QED) is 0.476. The minimum atomic E-state index is -4.78. The maximum absolute atomic E-state index is 14.5. The van der Waals surface area contributed by atoms with E-state index in [1.54, 1.807) is 20.8 Å². The first-order valence-corrected chi connectivity index (χ1v) is 11.5. The topological polar surface area (TPSA) is 93.9 Å². The number of halogens is 4. The molecule has 3 aromatic rings. The molecule has 4 rings (SSSR count). The van der Waals surface area contributed by atoms with Gasteiger partial charge in [-0.3, -0.25) is 9.78 Å². The van der Waals surface area contributed by atoms with Crippen LogP contribution in [-0.4, -0.2) is 53.8 Å². The number of ether oxygens (including phenoxy) is 2. The Labute approximate surface area is 209 Å². The Kier molecular flexibility index (Phi) is 7.13. The van der Waals surface area contributed by atoms with E-state index < -0.39 is 40.7 Å². The fraction of sp³-hybridized carbons (Fsp3) is 0.400. The predicted octanol–water partition coefficient (Wildman–Crippen LogP) is 5.15. The largest absolute Gasteiger partial charge is 0.459 e. The van der Waals surface area contributed by atoms with Gasteiger partial charge in [0.15, 0.2) is 5.82 Å². The van der Waals surface area contributed by atoms with E-state index in [1.807, 2.05) is 0 Å². The van der Waals surface area contributed by atoms with Crippen molar-refractivity contribution >= 4 is 23.0 Å². The van der Waals surface area contributed by atoms with Gasteiger partial charge in [0.1, 0.15) is 16.9 Å². The Hall–Kier alpha value is -3.67. The number of alkyl halides is 3. The van der Waals surface area contributed by atoms with Crippen molar-refractivity contribution in [3.8, 4) is 11.3 Å². The average Bonchev–Trinajstić information content (AvgIpc) is 3.24. The molecule has 0 unspecified atom stereocenters. The van der Waals surface area contributed by atoms with Gasteiger partial charge < -0.3 is 24.1 Å². The number of benzene rings is 1. The lowest BCUT2D eigenvalue weighted by Gasteiger charge is -2.27. The highest BCUT2D eigenvalue weighted by molar-refractivity contribution is 5.96. The van der Waals surface area contributed by atoms with E-state index in [0.29, 0.717) is 13.2 Å². The first-order chi connectivity index (χ1) is 17.3. The summed E-state index contributed by atoms with van der Waals surface area (Å²) in [4.78, 5) is 30.1. The molecule has 1 N–H and O–H groups in total. The number of rotatable bonds is 4. The normalized spacial score (nSPS) is 14.6. The molecule has 0 bridgehead atoms. The molecule has 2 amide bonds.